The molecule has 1 aliphatic carbocycles. The third kappa shape index (κ3) is 1.95. The number of likely N-dealkylation sites (tertiary alicyclic amines) is 1. The SMILES string of the molecule is CC(C)(C)OC(=O)N1CC[C@H]2C[C@@H](O)[C@H]21. The molecule has 0 aromatic heterocycles. The summed E-state index contributed by atoms with van der Waals surface area (Å²) in [5, 5.41) is 9.59. The number of fused-ring (bicyclic) bond motifs is 1. The van der Waals surface area contributed by atoms with Crippen molar-refractivity contribution in [3.8, 4) is 0 Å². The van der Waals surface area contributed by atoms with Crippen LogP contribution in [-0.2, 0) is 4.74 Å². The third-order valence-electron chi connectivity index (χ3n) is 3.15. The summed E-state index contributed by atoms with van der Waals surface area (Å²) < 4.78 is 5.30. The van der Waals surface area contributed by atoms with Gasteiger partial charge in [0, 0.05) is 6.54 Å². The largest absolute Gasteiger partial charge is 0.444 e. The highest BCUT2D eigenvalue weighted by atomic mass is 16.6. The van der Waals surface area contributed by atoms with E-state index >= 15 is 0 Å². The highest BCUT2D eigenvalue weighted by molar-refractivity contribution is 5.69. The summed E-state index contributed by atoms with van der Waals surface area (Å²) in [4.78, 5) is 13.5. The standard InChI is InChI=1S/C11H19NO3/c1-11(2,3)15-10(14)12-5-4-7-6-8(13)9(7)12/h7-9,13H,4-6H2,1-3H3/t7-,8+,9-/m0/s1. The monoisotopic (exact) mass is 213 g/mol. The van der Waals surface area contributed by atoms with Gasteiger partial charge >= 0.3 is 6.09 Å². The lowest BCUT2D eigenvalue weighted by Crippen LogP contribution is -2.54. The molecule has 0 radical (unpaired) electrons. The van der Waals surface area contributed by atoms with Gasteiger partial charge < -0.3 is 14.7 Å². The van der Waals surface area contributed by atoms with Crippen LogP contribution in [-0.4, -0.2) is 40.4 Å². The fourth-order valence-electron chi connectivity index (χ4n) is 2.45. The van der Waals surface area contributed by atoms with E-state index in [9.17, 15) is 9.90 Å². The summed E-state index contributed by atoms with van der Waals surface area (Å²) in [6, 6.07) is 0.0137. The first-order chi connectivity index (χ1) is 6.88. The second kappa shape index (κ2) is 3.37. The van der Waals surface area contributed by atoms with Crippen molar-refractivity contribution in [3.63, 3.8) is 0 Å². The van der Waals surface area contributed by atoms with E-state index < -0.39 is 5.60 Å². The van der Waals surface area contributed by atoms with E-state index in [0.29, 0.717) is 5.92 Å². The van der Waals surface area contributed by atoms with Gasteiger partial charge in [0.05, 0.1) is 12.1 Å². The number of aliphatic hydroxyl groups is 1. The van der Waals surface area contributed by atoms with Crippen molar-refractivity contribution < 1.29 is 14.6 Å². The molecule has 1 saturated carbocycles. The molecule has 4 nitrogen and oxygen atoms in total. The van der Waals surface area contributed by atoms with E-state index in [0.717, 1.165) is 19.4 Å². The molecular weight excluding hydrogens is 194 g/mol. The second-order valence-corrected chi connectivity index (χ2v) is 5.52. The van der Waals surface area contributed by atoms with Crippen LogP contribution in [0.5, 0.6) is 0 Å². The molecular formula is C11H19NO3. The molecule has 4 heteroatoms. The first kappa shape index (κ1) is 10.7. The molecule has 0 aromatic carbocycles. The Kier molecular flexibility index (Phi) is 2.41. The van der Waals surface area contributed by atoms with Gasteiger partial charge in [-0.15, -0.1) is 0 Å². The van der Waals surface area contributed by atoms with Crippen molar-refractivity contribution in [2.45, 2.75) is 51.4 Å². The highest BCUT2D eigenvalue weighted by Crippen LogP contribution is 2.41. The fraction of sp³-hybridized carbons (Fsp3) is 0.909. The molecule has 1 aliphatic heterocycles. The molecule has 0 unspecified atom stereocenters. The summed E-state index contributed by atoms with van der Waals surface area (Å²) in [6.07, 6.45) is 1.21. The minimum atomic E-state index is -0.454. The maximum atomic E-state index is 11.8. The van der Waals surface area contributed by atoms with Crippen molar-refractivity contribution in [2.75, 3.05) is 6.54 Å². The van der Waals surface area contributed by atoms with Crippen LogP contribution in [0, 0.1) is 5.92 Å². The van der Waals surface area contributed by atoms with Crippen molar-refractivity contribution in [3.05, 3.63) is 0 Å². The van der Waals surface area contributed by atoms with Crippen LogP contribution in [0.15, 0.2) is 0 Å². The quantitative estimate of drug-likeness (QED) is 0.661. The molecule has 0 spiro atoms. The summed E-state index contributed by atoms with van der Waals surface area (Å²) >= 11 is 0. The smallest absolute Gasteiger partial charge is 0.410 e. The molecule has 15 heavy (non-hydrogen) atoms. The zero-order chi connectivity index (χ0) is 11.2. The summed E-state index contributed by atoms with van der Waals surface area (Å²) in [7, 11) is 0. The van der Waals surface area contributed by atoms with Crippen LogP contribution in [0.25, 0.3) is 0 Å². The molecule has 2 rings (SSSR count). The lowest BCUT2D eigenvalue weighted by atomic mass is 9.77. The fourth-order valence-corrected chi connectivity index (χ4v) is 2.45. The van der Waals surface area contributed by atoms with Crippen LogP contribution < -0.4 is 0 Å². The second-order valence-electron chi connectivity index (χ2n) is 5.52. The van der Waals surface area contributed by atoms with Crippen molar-refractivity contribution in [2.24, 2.45) is 5.92 Å². The average molecular weight is 213 g/mol. The lowest BCUT2D eigenvalue weighted by molar-refractivity contribution is -0.0416. The Bertz CT molecular complexity index is 271. The van der Waals surface area contributed by atoms with Gasteiger partial charge in [-0.1, -0.05) is 0 Å². The summed E-state index contributed by atoms with van der Waals surface area (Å²) in [5.41, 5.74) is -0.454. The Labute approximate surface area is 90.2 Å². The Morgan fingerprint density at radius 1 is 1.47 bits per heavy atom. The lowest BCUT2D eigenvalue weighted by Gasteiger charge is -2.41. The molecule has 0 aromatic rings. The topological polar surface area (TPSA) is 49.8 Å². The van der Waals surface area contributed by atoms with Gasteiger partial charge in [-0.3, -0.25) is 0 Å². The normalized spacial score (nSPS) is 34.7. The van der Waals surface area contributed by atoms with Crippen LogP contribution in [0.3, 0.4) is 0 Å². The number of carbonyl (C=O) groups excluding carboxylic acids is 1. The van der Waals surface area contributed by atoms with Gasteiger partial charge in [-0.2, -0.15) is 0 Å². The number of aliphatic hydroxyl groups excluding tert-OH is 1. The highest BCUT2D eigenvalue weighted by Gasteiger charge is 2.50. The van der Waals surface area contributed by atoms with E-state index in [1.807, 2.05) is 20.8 Å². The van der Waals surface area contributed by atoms with Crippen molar-refractivity contribution in [1.29, 1.82) is 0 Å². The van der Waals surface area contributed by atoms with Crippen LogP contribution in [0.2, 0.25) is 0 Å². The zero-order valence-corrected chi connectivity index (χ0v) is 9.56. The molecule has 2 aliphatic rings. The maximum Gasteiger partial charge on any atom is 0.410 e. The molecule has 1 heterocycles. The molecule has 2 fully saturated rings. The zero-order valence-electron chi connectivity index (χ0n) is 9.56. The molecule has 0 bridgehead atoms. The van der Waals surface area contributed by atoms with Crippen LogP contribution >= 0.6 is 0 Å². The Hall–Kier alpha value is -0.770. The van der Waals surface area contributed by atoms with E-state index in [4.69, 9.17) is 4.74 Å². The molecule has 1 N–H and O–H groups in total. The number of ether oxygens (including phenoxy) is 1. The number of amides is 1. The third-order valence-corrected chi connectivity index (χ3v) is 3.15. The van der Waals surface area contributed by atoms with Crippen LogP contribution in [0.1, 0.15) is 33.6 Å². The van der Waals surface area contributed by atoms with Crippen molar-refractivity contribution >= 4 is 6.09 Å². The first-order valence-electron chi connectivity index (χ1n) is 5.56. The van der Waals surface area contributed by atoms with E-state index in [1.165, 1.54) is 0 Å². The molecule has 1 saturated heterocycles. The van der Waals surface area contributed by atoms with E-state index in [2.05, 4.69) is 0 Å². The first-order valence-corrected chi connectivity index (χ1v) is 5.56. The summed E-state index contributed by atoms with van der Waals surface area (Å²) in [6.45, 7) is 6.29. The van der Waals surface area contributed by atoms with E-state index in [-0.39, 0.29) is 18.2 Å². The molecule has 86 valence electrons. The summed E-state index contributed by atoms with van der Waals surface area (Å²) in [5.74, 6) is 0.493. The number of hydrogen-bond donors (Lipinski definition) is 1. The van der Waals surface area contributed by atoms with Gasteiger partial charge in [0.15, 0.2) is 0 Å². The number of rotatable bonds is 0. The number of hydrogen-bond acceptors (Lipinski definition) is 3. The predicted molar refractivity (Wildman–Crippen MR) is 55.5 cm³/mol. The van der Waals surface area contributed by atoms with Gasteiger partial charge in [0.25, 0.3) is 0 Å². The number of carbonyl (C=O) groups is 1. The predicted octanol–water partition coefficient (Wildman–Crippen LogP) is 1.38. The van der Waals surface area contributed by atoms with E-state index in [1.54, 1.807) is 4.90 Å². The maximum absolute atomic E-state index is 11.8. The van der Waals surface area contributed by atoms with Gasteiger partial charge in [0.2, 0.25) is 0 Å². The average Bonchev–Trinajstić information content (AvgIpc) is 2.38. The number of nitrogens with zero attached hydrogens (tertiary/aromatic N) is 1. The van der Waals surface area contributed by atoms with Crippen LogP contribution in [0.4, 0.5) is 4.79 Å². The molecule has 3 atom stereocenters. The minimum Gasteiger partial charge on any atom is -0.444 e. The Balaban J connectivity index is 1.97. The minimum absolute atomic E-state index is 0.0137. The van der Waals surface area contributed by atoms with Gasteiger partial charge in [-0.25, -0.2) is 4.79 Å². The van der Waals surface area contributed by atoms with Gasteiger partial charge in [0.1, 0.15) is 5.60 Å². The van der Waals surface area contributed by atoms with Gasteiger partial charge in [-0.05, 0) is 39.5 Å². The molecule has 1 amide bonds. The Morgan fingerprint density at radius 2 is 2.13 bits per heavy atom. The van der Waals surface area contributed by atoms with Crippen molar-refractivity contribution in [1.82, 2.24) is 4.90 Å². The Morgan fingerprint density at radius 3 is 2.67 bits per heavy atom.